The molecule has 0 aromatic heterocycles. The van der Waals surface area contributed by atoms with Crippen LogP contribution in [-0.2, 0) is 12.4 Å². The van der Waals surface area contributed by atoms with Crippen molar-refractivity contribution in [2.75, 3.05) is 0 Å². The van der Waals surface area contributed by atoms with Gasteiger partial charge in [-0.15, -0.1) is 13.2 Å². The SMILES string of the molecule is N#CC(C#N)=C1C(c2cc(C(F)(F)F)cc(C(F)(F)F)c2)=C(C#N)c2c1cc1c(c2C#N)C(C#N)=C(c2ccc(C#N)c(OC(F)(F)F)c2)C1=C(C#N)C#N. The van der Waals surface area contributed by atoms with Crippen molar-refractivity contribution in [1.82, 2.24) is 0 Å². The van der Waals surface area contributed by atoms with Crippen LogP contribution in [0, 0.1) is 90.6 Å². The largest absolute Gasteiger partial charge is 0.573 e. The highest BCUT2D eigenvalue weighted by atomic mass is 19.4. The standard InChI is InChI=1S/C37H7F9N8O/c38-35(39,40)21-3-18(4-22(6-21)36(41,42)43)30-26(14-53)34-24(32(30)20(11-50)12-51)7-23-31(19(9-48)10-49)29(25(13-52)33(23)27(34)15-54)16-1-2-17(8-47)28(5-16)55-37(44,45)46/h1-7H. The molecule has 0 radical (unpaired) electrons. The van der Waals surface area contributed by atoms with Gasteiger partial charge in [0, 0.05) is 33.4 Å². The Hall–Kier alpha value is -8.29. The minimum absolute atomic E-state index is 0.214. The molecule has 55 heavy (non-hydrogen) atoms. The summed E-state index contributed by atoms with van der Waals surface area (Å²) in [6.45, 7) is 0. The number of fused-ring (bicyclic) bond motifs is 2. The van der Waals surface area contributed by atoms with E-state index in [2.05, 4.69) is 4.74 Å². The zero-order chi connectivity index (χ0) is 40.8. The van der Waals surface area contributed by atoms with Crippen molar-refractivity contribution in [2.45, 2.75) is 18.7 Å². The highest BCUT2D eigenvalue weighted by molar-refractivity contribution is 6.31. The lowest BCUT2D eigenvalue weighted by Crippen LogP contribution is -2.18. The van der Waals surface area contributed by atoms with Gasteiger partial charge >= 0.3 is 18.7 Å². The molecule has 18 heteroatoms. The minimum Gasteiger partial charge on any atom is -0.404 e. The van der Waals surface area contributed by atoms with E-state index in [-0.39, 0.29) is 23.8 Å². The van der Waals surface area contributed by atoms with Gasteiger partial charge in [-0.3, -0.25) is 0 Å². The van der Waals surface area contributed by atoms with Crippen LogP contribution >= 0.6 is 0 Å². The lowest BCUT2D eigenvalue weighted by molar-refractivity contribution is -0.274. The lowest BCUT2D eigenvalue weighted by Gasteiger charge is -2.16. The van der Waals surface area contributed by atoms with Crippen molar-refractivity contribution in [3.8, 4) is 54.3 Å². The monoisotopic (exact) mass is 750 g/mol. The fraction of sp³-hybridized carbons (Fsp3) is 0.0811. The van der Waals surface area contributed by atoms with Crippen molar-refractivity contribution in [1.29, 1.82) is 42.1 Å². The van der Waals surface area contributed by atoms with Crippen molar-refractivity contribution in [3.05, 3.63) is 109 Å². The van der Waals surface area contributed by atoms with E-state index in [0.29, 0.717) is 6.07 Å². The average molecular weight is 750 g/mol. The molecule has 0 atom stereocenters. The van der Waals surface area contributed by atoms with Crippen LogP contribution in [0.3, 0.4) is 0 Å². The molecule has 5 rings (SSSR count). The van der Waals surface area contributed by atoms with Crippen molar-refractivity contribution in [3.63, 3.8) is 0 Å². The summed E-state index contributed by atoms with van der Waals surface area (Å²) >= 11 is 0. The number of benzene rings is 3. The predicted molar refractivity (Wildman–Crippen MR) is 167 cm³/mol. The number of rotatable bonds is 3. The van der Waals surface area contributed by atoms with E-state index in [9.17, 15) is 81.6 Å². The summed E-state index contributed by atoms with van der Waals surface area (Å²) in [5, 5.41) is 80.6. The zero-order valence-electron chi connectivity index (χ0n) is 26.4. The summed E-state index contributed by atoms with van der Waals surface area (Å²) in [6.07, 6.45) is -16.1. The normalized spacial score (nSPS) is 13.2. The van der Waals surface area contributed by atoms with Crippen LogP contribution in [0.4, 0.5) is 39.5 Å². The molecule has 0 N–H and O–H groups in total. The smallest absolute Gasteiger partial charge is 0.404 e. The van der Waals surface area contributed by atoms with Gasteiger partial charge in [0.05, 0.1) is 33.4 Å². The molecule has 0 saturated heterocycles. The number of hydrogen-bond acceptors (Lipinski definition) is 9. The first-order valence-electron chi connectivity index (χ1n) is 14.4. The van der Waals surface area contributed by atoms with Gasteiger partial charge in [-0.05, 0) is 58.7 Å². The summed E-state index contributed by atoms with van der Waals surface area (Å²) in [5.74, 6) is -1.08. The van der Waals surface area contributed by atoms with Crippen LogP contribution in [-0.4, -0.2) is 6.36 Å². The van der Waals surface area contributed by atoms with Crippen LogP contribution in [0.5, 0.6) is 5.75 Å². The number of hydrogen-bond donors (Lipinski definition) is 0. The van der Waals surface area contributed by atoms with Gasteiger partial charge in [0.25, 0.3) is 0 Å². The third kappa shape index (κ3) is 6.30. The lowest BCUT2D eigenvalue weighted by atomic mass is 9.86. The maximum atomic E-state index is 13.9. The Balaban J connectivity index is 2.02. The average Bonchev–Trinajstić information content (AvgIpc) is 3.63. The number of ether oxygens (including phenoxy) is 1. The first-order chi connectivity index (χ1) is 25.8. The summed E-state index contributed by atoms with van der Waals surface area (Å²) in [7, 11) is 0. The predicted octanol–water partition coefficient (Wildman–Crippen LogP) is 8.86. The van der Waals surface area contributed by atoms with E-state index >= 15 is 0 Å². The summed E-state index contributed by atoms with van der Waals surface area (Å²) in [6, 6.07) is 16.2. The van der Waals surface area contributed by atoms with Gasteiger partial charge in [-0.1, -0.05) is 6.07 Å². The molecule has 0 amide bonds. The van der Waals surface area contributed by atoms with Crippen LogP contribution in [0.25, 0.3) is 33.4 Å². The van der Waals surface area contributed by atoms with Gasteiger partial charge in [-0.25, -0.2) is 0 Å². The first-order valence-corrected chi connectivity index (χ1v) is 14.4. The molecule has 3 aromatic carbocycles. The van der Waals surface area contributed by atoms with Gasteiger partial charge in [0.1, 0.15) is 65.4 Å². The quantitative estimate of drug-likeness (QED) is 0.185. The van der Waals surface area contributed by atoms with Crippen LogP contribution in [0.2, 0.25) is 0 Å². The Morgan fingerprint density at radius 3 is 1.33 bits per heavy atom. The molecule has 0 fully saturated rings. The molecular formula is C37H7F9N8O. The van der Waals surface area contributed by atoms with E-state index < -0.39 is 119 Å². The highest BCUT2D eigenvalue weighted by Crippen LogP contribution is 2.57. The third-order valence-corrected chi connectivity index (χ3v) is 8.14. The van der Waals surface area contributed by atoms with Crippen molar-refractivity contribution >= 4 is 33.4 Å². The second kappa shape index (κ2) is 13.4. The molecule has 3 aromatic rings. The zero-order valence-corrected chi connectivity index (χ0v) is 26.4. The van der Waals surface area contributed by atoms with E-state index in [1.807, 2.05) is 0 Å². The summed E-state index contributed by atoms with van der Waals surface area (Å²) < 4.78 is 128. The second-order valence-electron chi connectivity index (χ2n) is 11.0. The van der Waals surface area contributed by atoms with E-state index in [0.717, 1.165) is 18.2 Å². The van der Waals surface area contributed by atoms with Crippen LogP contribution in [0.1, 0.15) is 55.6 Å². The number of halogens is 9. The fourth-order valence-electron chi connectivity index (χ4n) is 6.15. The highest BCUT2D eigenvalue weighted by Gasteiger charge is 2.43. The van der Waals surface area contributed by atoms with E-state index in [1.165, 1.54) is 18.2 Å². The van der Waals surface area contributed by atoms with Gasteiger partial charge < -0.3 is 4.74 Å². The summed E-state index contributed by atoms with van der Waals surface area (Å²) in [5.41, 5.74) is -14.2. The molecule has 0 aliphatic heterocycles. The topological polar surface area (TPSA) is 200 Å². The molecule has 2 aliphatic rings. The van der Waals surface area contributed by atoms with Crippen molar-refractivity contribution in [2.24, 2.45) is 0 Å². The second-order valence-corrected chi connectivity index (χ2v) is 11.0. The van der Waals surface area contributed by atoms with E-state index in [1.54, 1.807) is 30.3 Å². The van der Waals surface area contributed by atoms with E-state index in [4.69, 9.17) is 0 Å². The first kappa shape index (κ1) is 38.0. The molecule has 0 spiro atoms. The molecule has 264 valence electrons. The number of alkyl halides is 9. The summed E-state index contributed by atoms with van der Waals surface area (Å²) in [4.78, 5) is 0. The Kier molecular flexibility index (Phi) is 9.22. The molecular weight excluding hydrogens is 743 g/mol. The van der Waals surface area contributed by atoms with Crippen molar-refractivity contribution < 1.29 is 44.3 Å². The number of nitriles is 8. The molecule has 0 bridgehead atoms. The maximum Gasteiger partial charge on any atom is 0.573 e. The molecule has 2 aliphatic carbocycles. The third-order valence-electron chi connectivity index (χ3n) is 8.14. The Labute approximate surface area is 301 Å². The number of nitrogens with zero attached hydrogens (tertiary/aromatic N) is 8. The Morgan fingerprint density at radius 2 is 0.964 bits per heavy atom. The molecule has 0 heterocycles. The fourth-order valence-corrected chi connectivity index (χ4v) is 6.15. The Morgan fingerprint density at radius 1 is 0.509 bits per heavy atom. The molecule has 0 unspecified atom stereocenters. The van der Waals surface area contributed by atoms with Gasteiger partial charge in [0.2, 0.25) is 0 Å². The Bertz CT molecular complexity index is 2710. The van der Waals surface area contributed by atoms with Crippen LogP contribution in [0.15, 0.2) is 53.6 Å². The number of allylic oxidation sites excluding steroid dienone is 8. The minimum atomic E-state index is -5.39. The maximum absolute atomic E-state index is 13.9. The molecule has 9 nitrogen and oxygen atoms in total. The van der Waals surface area contributed by atoms with Crippen LogP contribution < -0.4 is 4.74 Å². The van der Waals surface area contributed by atoms with Gasteiger partial charge in [-0.2, -0.15) is 68.4 Å². The molecule has 0 saturated carbocycles. The van der Waals surface area contributed by atoms with Gasteiger partial charge in [0.15, 0.2) is 0 Å².